The van der Waals surface area contributed by atoms with Gasteiger partial charge in [0.15, 0.2) is 6.29 Å². The quantitative estimate of drug-likeness (QED) is 0.0658. The lowest BCUT2D eigenvalue weighted by Gasteiger charge is -2.39. The summed E-state index contributed by atoms with van der Waals surface area (Å²) in [6, 6.07) is 0. The van der Waals surface area contributed by atoms with E-state index in [0.29, 0.717) is 106 Å². The summed E-state index contributed by atoms with van der Waals surface area (Å²) in [6.45, 7) is 10.7. The molecular weight excluding hydrogens is 720 g/mol. The van der Waals surface area contributed by atoms with Gasteiger partial charge in [0.05, 0.1) is 126 Å². The van der Waals surface area contributed by atoms with Gasteiger partial charge >= 0.3 is 0 Å². The smallest absolute Gasteiger partial charge is 0.186 e. The van der Waals surface area contributed by atoms with Gasteiger partial charge in [0, 0.05) is 6.61 Å². The second-order valence-corrected chi connectivity index (χ2v) is 13.7. The number of hydrogen-bond donors (Lipinski definition) is 4. The summed E-state index contributed by atoms with van der Waals surface area (Å²) in [5, 5.41) is 38.6. The molecule has 1 aliphatic rings. The molecule has 0 spiro atoms. The summed E-state index contributed by atoms with van der Waals surface area (Å²) in [4.78, 5) is 0. The maximum absolute atomic E-state index is 9.92. The van der Waals surface area contributed by atoms with Crippen molar-refractivity contribution >= 4 is 0 Å². The Hall–Kier alpha value is -0.600. The summed E-state index contributed by atoms with van der Waals surface area (Å²) in [5.74, 6) is 0. The molecule has 330 valence electrons. The third kappa shape index (κ3) is 33.0. The normalized spacial score (nSPS) is 20.1. The van der Waals surface area contributed by atoms with Crippen molar-refractivity contribution < 1.29 is 72.5 Å². The topological polar surface area (TPSA) is 182 Å². The highest BCUT2D eigenvalue weighted by atomic mass is 16.7. The van der Waals surface area contributed by atoms with Gasteiger partial charge < -0.3 is 72.5 Å². The lowest BCUT2D eigenvalue weighted by atomic mass is 9.99. The molecule has 5 atom stereocenters. The van der Waals surface area contributed by atoms with Crippen molar-refractivity contribution in [1.82, 2.24) is 0 Å². The molecule has 0 amide bonds. The van der Waals surface area contributed by atoms with Crippen molar-refractivity contribution in [1.29, 1.82) is 0 Å². The van der Waals surface area contributed by atoms with Gasteiger partial charge in [0.25, 0.3) is 0 Å². The van der Waals surface area contributed by atoms with Crippen LogP contribution in [0.5, 0.6) is 0 Å². The van der Waals surface area contributed by atoms with Gasteiger partial charge in [-0.25, -0.2) is 0 Å². The van der Waals surface area contributed by atoms with E-state index in [9.17, 15) is 20.4 Å². The zero-order valence-electron chi connectivity index (χ0n) is 34.2. The molecule has 1 fully saturated rings. The average molecular weight is 801 g/mol. The Morgan fingerprint density at radius 3 is 0.964 bits per heavy atom. The molecule has 0 aromatic rings. The molecule has 1 saturated heterocycles. The van der Waals surface area contributed by atoms with E-state index in [-0.39, 0.29) is 13.2 Å². The zero-order valence-corrected chi connectivity index (χ0v) is 34.2. The molecule has 1 aliphatic heterocycles. The van der Waals surface area contributed by atoms with Crippen LogP contribution in [0.4, 0.5) is 0 Å². The molecule has 0 aromatic heterocycles. The zero-order chi connectivity index (χ0) is 39.7. The van der Waals surface area contributed by atoms with E-state index < -0.39 is 37.3 Å². The summed E-state index contributed by atoms with van der Waals surface area (Å²) < 4.78 is 60.2. The molecule has 0 radical (unpaired) electrons. The second-order valence-electron chi connectivity index (χ2n) is 13.7. The molecule has 0 unspecified atom stereocenters. The number of rotatable bonds is 44. The van der Waals surface area contributed by atoms with Gasteiger partial charge in [-0.1, -0.05) is 90.4 Å². The summed E-state index contributed by atoms with van der Waals surface area (Å²) in [5.41, 5.74) is 0. The maximum Gasteiger partial charge on any atom is 0.186 e. The van der Waals surface area contributed by atoms with Crippen molar-refractivity contribution in [2.45, 2.75) is 128 Å². The van der Waals surface area contributed by atoms with Crippen molar-refractivity contribution in [3.63, 3.8) is 0 Å². The lowest BCUT2D eigenvalue weighted by Crippen LogP contribution is -2.59. The molecule has 0 bridgehead atoms. The van der Waals surface area contributed by atoms with Gasteiger partial charge in [0.2, 0.25) is 0 Å². The Morgan fingerprint density at radius 1 is 0.345 bits per heavy atom. The number of unbranched alkanes of at least 4 members (excludes halogenated alkanes) is 13. The van der Waals surface area contributed by atoms with Crippen molar-refractivity contribution in [3.05, 3.63) is 0 Å². The Labute approximate surface area is 331 Å². The minimum absolute atomic E-state index is 0.0908. The van der Waals surface area contributed by atoms with Gasteiger partial charge in [-0.2, -0.15) is 0 Å². The summed E-state index contributed by atoms with van der Waals surface area (Å²) in [6.07, 6.45) is 12.6. The molecule has 1 heterocycles. The molecule has 15 heteroatoms. The number of hydrogen-bond acceptors (Lipinski definition) is 15. The van der Waals surface area contributed by atoms with E-state index in [1.54, 1.807) is 0 Å². The third-order valence-corrected chi connectivity index (χ3v) is 8.98. The molecule has 1 rings (SSSR count). The Bertz CT molecular complexity index is 753. The predicted molar refractivity (Wildman–Crippen MR) is 207 cm³/mol. The fourth-order valence-corrected chi connectivity index (χ4v) is 5.69. The molecule has 4 N–H and O–H groups in total. The van der Waals surface area contributed by atoms with E-state index in [1.165, 1.54) is 83.5 Å². The van der Waals surface area contributed by atoms with Crippen molar-refractivity contribution in [3.8, 4) is 0 Å². The lowest BCUT2D eigenvalue weighted by molar-refractivity contribution is -0.302. The minimum atomic E-state index is -1.47. The number of aliphatic hydroxyl groups is 4. The molecule has 0 saturated carbocycles. The van der Waals surface area contributed by atoms with Crippen LogP contribution in [-0.4, -0.2) is 183 Å². The molecule has 0 aromatic carbocycles. The summed E-state index contributed by atoms with van der Waals surface area (Å²) >= 11 is 0. The Balaban J connectivity index is 1.65. The minimum Gasteiger partial charge on any atom is -0.394 e. The first-order valence-corrected chi connectivity index (χ1v) is 21.2. The fraction of sp³-hybridized carbons (Fsp3) is 1.00. The first kappa shape index (κ1) is 52.4. The SMILES string of the molecule is CCCCCCCCCCCCCCCCOCCOCCOCCOCCOCCOCCOCCOCCOCCO[C@@H]1O[C@H](CO)[C@H](O)[C@H](O)[C@H]1O. The average Bonchev–Trinajstić information content (AvgIpc) is 3.19. The predicted octanol–water partition coefficient (Wildman–Crippen LogP) is 3.43. The van der Waals surface area contributed by atoms with E-state index in [4.69, 9.17) is 52.1 Å². The third-order valence-electron chi connectivity index (χ3n) is 8.98. The Morgan fingerprint density at radius 2 is 0.636 bits per heavy atom. The number of aliphatic hydroxyl groups excluding tert-OH is 4. The van der Waals surface area contributed by atoms with Gasteiger partial charge in [0.1, 0.15) is 24.4 Å². The second kappa shape index (κ2) is 41.6. The molecular formula is C40H80O15. The van der Waals surface area contributed by atoms with Crippen LogP contribution in [0, 0.1) is 0 Å². The van der Waals surface area contributed by atoms with Crippen LogP contribution in [0.25, 0.3) is 0 Å². The highest BCUT2D eigenvalue weighted by Gasteiger charge is 2.43. The van der Waals surface area contributed by atoms with E-state index in [2.05, 4.69) is 6.92 Å². The van der Waals surface area contributed by atoms with E-state index >= 15 is 0 Å². The van der Waals surface area contributed by atoms with Crippen LogP contribution in [-0.2, 0) is 52.1 Å². The maximum atomic E-state index is 9.92. The van der Waals surface area contributed by atoms with Crippen molar-refractivity contribution in [2.75, 3.05) is 132 Å². The molecule has 15 nitrogen and oxygen atoms in total. The van der Waals surface area contributed by atoms with Crippen LogP contribution >= 0.6 is 0 Å². The van der Waals surface area contributed by atoms with Crippen LogP contribution in [0.3, 0.4) is 0 Å². The molecule has 0 aliphatic carbocycles. The van der Waals surface area contributed by atoms with Crippen molar-refractivity contribution in [2.24, 2.45) is 0 Å². The molecule has 55 heavy (non-hydrogen) atoms. The Kier molecular flexibility index (Phi) is 39.6. The largest absolute Gasteiger partial charge is 0.394 e. The standard InChI is InChI=1S/C40H80O15/c1-2-3-4-5-6-7-8-9-10-11-12-13-14-15-16-45-17-18-46-19-20-47-21-22-48-23-24-49-25-26-50-27-28-51-29-30-52-31-32-53-33-34-54-40-39(44)38(43)37(42)36(35-41)55-40/h36-44H,2-35H2,1H3/t36-,37+,38+,39-,40-/m1/s1. The monoisotopic (exact) mass is 801 g/mol. The first-order valence-electron chi connectivity index (χ1n) is 21.2. The van der Waals surface area contributed by atoms with E-state index in [1.807, 2.05) is 0 Å². The van der Waals surface area contributed by atoms with Crippen LogP contribution < -0.4 is 0 Å². The highest BCUT2D eigenvalue weighted by Crippen LogP contribution is 2.21. The van der Waals surface area contributed by atoms with Gasteiger partial charge in [-0.15, -0.1) is 0 Å². The van der Waals surface area contributed by atoms with E-state index in [0.717, 1.165) is 13.0 Å². The van der Waals surface area contributed by atoms with Gasteiger partial charge in [-0.05, 0) is 6.42 Å². The number of ether oxygens (including phenoxy) is 11. The highest BCUT2D eigenvalue weighted by molar-refractivity contribution is 4.88. The van der Waals surface area contributed by atoms with Crippen LogP contribution in [0.1, 0.15) is 96.8 Å². The fourth-order valence-electron chi connectivity index (χ4n) is 5.69. The first-order chi connectivity index (χ1) is 27.1. The van der Waals surface area contributed by atoms with Gasteiger partial charge in [-0.3, -0.25) is 0 Å². The van der Waals surface area contributed by atoms with Crippen LogP contribution in [0.15, 0.2) is 0 Å². The van der Waals surface area contributed by atoms with Crippen LogP contribution in [0.2, 0.25) is 0 Å². The summed E-state index contributed by atoms with van der Waals surface area (Å²) in [7, 11) is 0.